The highest BCUT2D eigenvalue weighted by Gasteiger charge is 2.30. The van der Waals surface area contributed by atoms with Crippen LogP contribution in [0.2, 0.25) is 0 Å². The van der Waals surface area contributed by atoms with E-state index in [1.807, 2.05) is 32.3 Å². The molecular weight excluding hydrogens is 248 g/mol. The number of nitrogens with zero attached hydrogens (tertiary/aromatic N) is 1. The van der Waals surface area contributed by atoms with E-state index in [-0.39, 0.29) is 12.1 Å². The van der Waals surface area contributed by atoms with Crippen LogP contribution in [0.1, 0.15) is 17.2 Å². The Bertz CT molecular complexity index is 609. The molecule has 1 aliphatic carbocycles. The minimum absolute atomic E-state index is 0.0183. The Kier molecular flexibility index (Phi) is 3.36. The standard InChI is InChI=1S/C17H20N2O/c1-19(2)13-7-5-8-14(11-13)20-16-10-12-6-3-4-9-15(12)17(16)18/h3-9,11,16-17H,10,18H2,1-2H3. The Hall–Kier alpha value is -2.00. The average Bonchev–Trinajstić information content (AvgIpc) is 2.76. The quantitative estimate of drug-likeness (QED) is 0.930. The Morgan fingerprint density at radius 3 is 2.65 bits per heavy atom. The number of hydrogen-bond donors (Lipinski definition) is 1. The van der Waals surface area contributed by atoms with Crippen molar-refractivity contribution in [3.8, 4) is 5.75 Å². The first kappa shape index (κ1) is 13.0. The van der Waals surface area contributed by atoms with Crippen molar-refractivity contribution in [2.24, 2.45) is 5.73 Å². The van der Waals surface area contributed by atoms with E-state index >= 15 is 0 Å². The van der Waals surface area contributed by atoms with Gasteiger partial charge in [0, 0.05) is 32.3 Å². The highest BCUT2D eigenvalue weighted by Crippen LogP contribution is 2.33. The van der Waals surface area contributed by atoms with Crippen molar-refractivity contribution in [2.45, 2.75) is 18.6 Å². The van der Waals surface area contributed by atoms with Crippen molar-refractivity contribution in [1.29, 1.82) is 0 Å². The predicted molar refractivity (Wildman–Crippen MR) is 82.3 cm³/mol. The fourth-order valence-electron chi connectivity index (χ4n) is 2.71. The zero-order valence-corrected chi connectivity index (χ0v) is 11.9. The maximum absolute atomic E-state index is 6.30. The zero-order chi connectivity index (χ0) is 14.1. The topological polar surface area (TPSA) is 38.5 Å². The number of anilines is 1. The van der Waals surface area contributed by atoms with Crippen LogP contribution < -0.4 is 15.4 Å². The number of rotatable bonds is 3. The van der Waals surface area contributed by atoms with E-state index in [1.54, 1.807) is 0 Å². The first-order valence-corrected chi connectivity index (χ1v) is 6.92. The van der Waals surface area contributed by atoms with Gasteiger partial charge in [-0.25, -0.2) is 0 Å². The second-order valence-corrected chi connectivity index (χ2v) is 5.48. The smallest absolute Gasteiger partial charge is 0.122 e. The average molecular weight is 268 g/mol. The molecule has 0 amide bonds. The summed E-state index contributed by atoms with van der Waals surface area (Å²) in [6, 6.07) is 16.4. The van der Waals surface area contributed by atoms with Crippen LogP contribution in [-0.2, 0) is 6.42 Å². The van der Waals surface area contributed by atoms with E-state index in [1.165, 1.54) is 11.1 Å². The van der Waals surface area contributed by atoms with Gasteiger partial charge in [0.1, 0.15) is 11.9 Å². The Balaban J connectivity index is 1.78. The minimum atomic E-state index is -0.0470. The molecule has 1 aliphatic rings. The molecule has 0 saturated carbocycles. The Morgan fingerprint density at radius 1 is 1.10 bits per heavy atom. The molecular formula is C17H20N2O. The minimum Gasteiger partial charge on any atom is -0.488 e. The van der Waals surface area contributed by atoms with Gasteiger partial charge in [-0.15, -0.1) is 0 Å². The first-order chi connectivity index (χ1) is 9.65. The van der Waals surface area contributed by atoms with Gasteiger partial charge in [0.15, 0.2) is 0 Å². The summed E-state index contributed by atoms with van der Waals surface area (Å²) in [6.45, 7) is 0. The van der Waals surface area contributed by atoms with Gasteiger partial charge >= 0.3 is 0 Å². The lowest BCUT2D eigenvalue weighted by atomic mass is 10.1. The summed E-state index contributed by atoms with van der Waals surface area (Å²) >= 11 is 0. The molecule has 2 aromatic rings. The van der Waals surface area contributed by atoms with E-state index in [0.717, 1.165) is 17.9 Å². The summed E-state index contributed by atoms with van der Waals surface area (Å²) in [5.41, 5.74) is 9.94. The van der Waals surface area contributed by atoms with Crippen molar-refractivity contribution in [3.05, 3.63) is 59.7 Å². The van der Waals surface area contributed by atoms with Crippen LogP contribution in [0.15, 0.2) is 48.5 Å². The van der Waals surface area contributed by atoms with Crippen molar-refractivity contribution in [2.75, 3.05) is 19.0 Å². The lowest BCUT2D eigenvalue weighted by molar-refractivity contribution is 0.185. The molecule has 20 heavy (non-hydrogen) atoms. The molecule has 3 heteroatoms. The second-order valence-electron chi connectivity index (χ2n) is 5.48. The van der Waals surface area contributed by atoms with E-state index in [9.17, 15) is 0 Å². The van der Waals surface area contributed by atoms with E-state index in [2.05, 4.69) is 35.2 Å². The van der Waals surface area contributed by atoms with Crippen molar-refractivity contribution >= 4 is 5.69 Å². The third-order valence-corrected chi connectivity index (χ3v) is 3.86. The van der Waals surface area contributed by atoms with Gasteiger partial charge in [-0.3, -0.25) is 0 Å². The van der Waals surface area contributed by atoms with Gasteiger partial charge in [-0.2, -0.15) is 0 Å². The maximum atomic E-state index is 6.30. The van der Waals surface area contributed by atoms with Gasteiger partial charge in [0.2, 0.25) is 0 Å². The first-order valence-electron chi connectivity index (χ1n) is 6.92. The van der Waals surface area contributed by atoms with Crippen molar-refractivity contribution in [1.82, 2.24) is 0 Å². The highest BCUT2D eigenvalue weighted by atomic mass is 16.5. The molecule has 3 rings (SSSR count). The Morgan fingerprint density at radius 2 is 1.90 bits per heavy atom. The van der Waals surface area contributed by atoms with E-state index in [4.69, 9.17) is 10.5 Å². The molecule has 0 heterocycles. The number of fused-ring (bicyclic) bond motifs is 1. The monoisotopic (exact) mass is 268 g/mol. The fraction of sp³-hybridized carbons (Fsp3) is 0.294. The van der Waals surface area contributed by atoms with Gasteiger partial charge < -0.3 is 15.4 Å². The molecule has 2 atom stereocenters. The van der Waals surface area contributed by atoms with Gasteiger partial charge in [-0.05, 0) is 23.3 Å². The Labute approximate surface area is 120 Å². The van der Waals surface area contributed by atoms with Crippen LogP contribution >= 0.6 is 0 Å². The molecule has 0 fully saturated rings. The van der Waals surface area contributed by atoms with Crippen molar-refractivity contribution < 1.29 is 4.74 Å². The summed E-state index contributed by atoms with van der Waals surface area (Å²) < 4.78 is 6.11. The molecule has 0 aromatic heterocycles. The van der Waals surface area contributed by atoms with E-state index in [0.29, 0.717) is 0 Å². The van der Waals surface area contributed by atoms with E-state index < -0.39 is 0 Å². The molecule has 2 N–H and O–H groups in total. The molecule has 3 nitrogen and oxygen atoms in total. The van der Waals surface area contributed by atoms with Gasteiger partial charge in [0.05, 0.1) is 6.04 Å². The number of benzene rings is 2. The fourth-order valence-corrected chi connectivity index (χ4v) is 2.71. The predicted octanol–water partition coefficient (Wildman–Crippen LogP) is 2.76. The summed E-state index contributed by atoms with van der Waals surface area (Å²) in [5.74, 6) is 0.879. The van der Waals surface area contributed by atoms with Crippen LogP contribution in [0.5, 0.6) is 5.75 Å². The molecule has 2 unspecified atom stereocenters. The molecule has 0 aliphatic heterocycles. The third-order valence-electron chi connectivity index (χ3n) is 3.86. The third kappa shape index (κ3) is 2.37. The van der Waals surface area contributed by atoms with Gasteiger partial charge in [-0.1, -0.05) is 30.3 Å². The maximum Gasteiger partial charge on any atom is 0.122 e. The second kappa shape index (κ2) is 5.17. The number of nitrogens with two attached hydrogens (primary N) is 1. The summed E-state index contributed by atoms with van der Waals surface area (Å²) in [6.07, 6.45) is 0.897. The number of ether oxygens (including phenoxy) is 1. The molecule has 0 spiro atoms. The van der Waals surface area contributed by atoms with Crippen LogP contribution in [-0.4, -0.2) is 20.2 Å². The van der Waals surface area contributed by atoms with Gasteiger partial charge in [0.25, 0.3) is 0 Å². The van der Waals surface area contributed by atoms with Crippen LogP contribution in [0, 0.1) is 0 Å². The molecule has 0 radical (unpaired) electrons. The zero-order valence-electron chi connectivity index (χ0n) is 11.9. The highest BCUT2D eigenvalue weighted by molar-refractivity contribution is 5.49. The van der Waals surface area contributed by atoms with Crippen molar-refractivity contribution in [3.63, 3.8) is 0 Å². The largest absolute Gasteiger partial charge is 0.488 e. The SMILES string of the molecule is CN(C)c1cccc(OC2Cc3ccccc3C2N)c1. The summed E-state index contributed by atoms with van der Waals surface area (Å²) in [5, 5.41) is 0. The number of hydrogen-bond acceptors (Lipinski definition) is 3. The molecule has 0 saturated heterocycles. The molecule has 0 bridgehead atoms. The van der Waals surface area contributed by atoms with Crippen LogP contribution in [0.3, 0.4) is 0 Å². The van der Waals surface area contributed by atoms with Crippen LogP contribution in [0.4, 0.5) is 5.69 Å². The normalized spacial score (nSPS) is 20.6. The lowest BCUT2D eigenvalue weighted by Gasteiger charge is -2.20. The molecule has 2 aromatic carbocycles. The lowest BCUT2D eigenvalue weighted by Crippen LogP contribution is -2.27. The summed E-state index contributed by atoms with van der Waals surface area (Å²) in [7, 11) is 4.05. The van der Waals surface area contributed by atoms with Crippen LogP contribution in [0.25, 0.3) is 0 Å². The summed E-state index contributed by atoms with van der Waals surface area (Å²) in [4.78, 5) is 2.07. The molecule has 104 valence electrons.